The number of hydrogen-bond donors (Lipinski definition) is 0. The van der Waals surface area contributed by atoms with Crippen LogP contribution in [0.4, 0.5) is 0 Å². The van der Waals surface area contributed by atoms with Crippen LogP contribution >= 0.6 is 0 Å². The van der Waals surface area contributed by atoms with Crippen LogP contribution in [0.1, 0.15) is 24.5 Å². The molecular weight excluding hydrogens is 230 g/mol. The Kier molecular flexibility index (Phi) is 7.72. The summed E-state index contributed by atoms with van der Waals surface area (Å²) in [4.78, 5) is 4.24. The lowest BCUT2D eigenvalue weighted by molar-refractivity contribution is 0.937. The first-order valence-electron chi connectivity index (χ1n) is 6.59. The van der Waals surface area contributed by atoms with Crippen LogP contribution in [0, 0.1) is 0 Å². The van der Waals surface area contributed by atoms with Gasteiger partial charge in [0.2, 0.25) is 0 Å². The molecule has 0 saturated heterocycles. The summed E-state index contributed by atoms with van der Waals surface area (Å²) < 4.78 is 0. The van der Waals surface area contributed by atoms with Crippen LogP contribution in [0.25, 0.3) is 6.08 Å². The van der Waals surface area contributed by atoms with Crippen LogP contribution in [0.3, 0.4) is 0 Å². The zero-order valence-corrected chi connectivity index (χ0v) is 11.5. The van der Waals surface area contributed by atoms with Gasteiger partial charge in [0.1, 0.15) is 0 Å². The number of hydrogen-bond acceptors (Lipinski definition) is 1. The van der Waals surface area contributed by atoms with Gasteiger partial charge in [-0.3, -0.25) is 4.99 Å². The van der Waals surface area contributed by atoms with E-state index in [9.17, 15) is 0 Å². The van der Waals surface area contributed by atoms with Crippen molar-refractivity contribution in [1.29, 1.82) is 0 Å². The lowest BCUT2D eigenvalue weighted by Crippen LogP contribution is -1.81. The smallest absolute Gasteiger partial charge is 0.0386 e. The fraction of sp³-hybridized carbons (Fsp3) is 0.167. The first kappa shape index (κ1) is 14.9. The monoisotopic (exact) mass is 251 g/mol. The molecule has 1 nitrogen and oxygen atoms in total. The molecule has 0 N–H and O–H groups in total. The lowest BCUT2D eigenvalue weighted by Gasteiger charge is -1.89. The summed E-state index contributed by atoms with van der Waals surface area (Å²) in [5.74, 6) is 0. The Hall–Kier alpha value is -2.15. The molecule has 0 bridgehead atoms. The SMILES string of the molecule is C=Cc1ccccc1.CCCN=Cc1ccccc1. The minimum Gasteiger partial charge on any atom is -0.293 e. The van der Waals surface area contributed by atoms with E-state index in [1.165, 1.54) is 11.1 Å². The first-order valence-corrected chi connectivity index (χ1v) is 6.59. The van der Waals surface area contributed by atoms with Gasteiger partial charge in [-0.1, -0.05) is 80.2 Å². The second-order valence-electron chi connectivity index (χ2n) is 4.06. The first-order chi connectivity index (χ1) is 9.36. The quantitative estimate of drug-likeness (QED) is 0.689. The summed E-state index contributed by atoms with van der Waals surface area (Å²) >= 11 is 0. The van der Waals surface area contributed by atoms with E-state index in [0.717, 1.165) is 13.0 Å². The van der Waals surface area contributed by atoms with E-state index in [0.29, 0.717) is 0 Å². The summed E-state index contributed by atoms with van der Waals surface area (Å²) in [6, 6.07) is 20.2. The highest BCUT2D eigenvalue weighted by Gasteiger charge is 1.81. The molecule has 1 heteroatoms. The van der Waals surface area contributed by atoms with Crippen molar-refractivity contribution in [3.8, 4) is 0 Å². The van der Waals surface area contributed by atoms with Gasteiger partial charge in [0.15, 0.2) is 0 Å². The molecule has 0 amide bonds. The zero-order chi connectivity index (χ0) is 13.8. The van der Waals surface area contributed by atoms with Crippen molar-refractivity contribution < 1.29 is 0 Å². The number of rotatable bonds is 4. The maximum absolute atomic E-state index is 4.24. The fourth-order valence-corrected chi connectivity index (χ4v) is 1.43. The Labute approximate surface area is 116 Å². The molecule has 0 aliphatic heterocycles. The van der Waals surface area contributed by atoms with Crippen LogP contribution in [-0.2, 0) is 0 Å². The third kappa shape index (κ3) is 6.99. The molecule has 0 heterocycles. The molecule has 2 aromatic carbocycles. The highest BCUT2D eigenvalue weighted by Crippen LogP contribution is 1.97. The minimum absolute atomic E-state index is 0.925. The average molecular weight is 251 g/mol. The molecule has 0 radical (unpaired) electrons. The molecular formula is C18H21N. The molecule has 19 heavy (non-hydrogen) atoms. The summed E-state index contributed by atoms with van der Waals surface area (Å²) in [5, 5.41) is 0. The van der Waals surface area contributed by atoms with E-state index in [1.54, 1.807) is 0 Å². The molecule has 98 valence electrons. The van der Waals surface area contributed by atoms with E-state index in [1.807, 2.05) is 60.8 Å². The number of benzene rings is 2. The normalized spacial score (nSPS) is 9.74. The van der Waals surface area contributed by atoms with Crippen LogP contribution < -0.4 is 0 Å². The summed E-state index contributed by atoms with van der Waals surface area (Å²) in [5.41, 5.74) is 2.36. The van der Waals surface area contributed by atoms with Crippen molar-refractivity contribution in [2.45, 2.75) is 13.3 Å². The zero-order valence-electron chi connectivity index (χ0n) is 11.5. The van der Waals surface area contributed by atoms with E-state index < -0.39 is 0 Å². The van der Waals surface area contributed by atoms with E-state index in [4.69, 9.17) is 0 Å². The Morgan fingerprint density at radius 3 is 1.84 bits per heavy atom. The molecule has 2 aromatic rings. The van der Waals surface area contributed by atoms with Crippen LogP contribution in [-0.4, -0.2) is 12.8 Å². The average Bonchev–Trinajstić information content (AvgIpc) is 2.50. The Morgan fingerprint density at radius 1 is 0.895 bits per heavy atom. The summed E-state index contributed by atoms with van der Waals surface area (Å²) in [6.07, 6.45) is 4.87. The summed E-state index contributed by atoms with van der Waals surface area (Å²) in [7, 11) is 0. The van der Waals surface area contributed by atoms with Gasteiger partial charge in [-0.25, -0.2) is 0 Å². The summed E-state index contributed by atoms with van der Waals surface area (Å²) in [6.45, 7) is 6.68. The molecule has 0 aromatic heterocycles. The molecule has 0 unspecified atom stereocenters. The van der Waals surface area contributed by atoms with E-state index in [2.05, 4.69) is 30.6 Å². The Morgan fingerprint density at radius 2 is 1.42 bits per heavy atom. The third-order valence-electron chi connectivity index (χ3n) is 2.43. The molecule has 0 fully saturated rings. The maximum Gasteiger partial charge on any atom is 0.0386 e. The van der Waals surface area contributed by atoms with Crippen molar-refractivity contribution in [2.75, 3.05) is 6.54 Å². The topological polar surface area (TPSA) is 12.4 Å². The number of aliphatic imine (C=N–C) groups is 1. The van der Waals surface area contributed by atoms with Gasteiger partial charge in [0.05, 0.1) is 0 Å². The van der Waals surface area contributed by atoms with Gasteiger partial charge in [-0.15, -0.1) is 0 Å². The van der Waals surface area contributed by atoms with Crippen LogP contribution in [0.2, 0.25) is 0 Å². The van der Waals surface area contributed by atoms with E-state index >= 15 is 0 Å². The molecule has 0 spiro atoms. The van der Waals surface area contributed by atoms with Crippen LogP contribution in [0.15, 0.2) is 72.2 Å². The lowest BCUT2D eigenvalue weighted by atomic mass is 10.2. The van der Waals surface area contributed by atoms with Gasteiger partial charge < -0.3 is 0 Å². The van der Waals surface area contributed by atoms with E-state index in [-0.39, 0.29) is 0 Å². The molecule has 0 aliphatic rings. The molecule has 0 saturated carbocycles. The predicted octanol–water partition coefficient (Wildman–Crippen LogP) is 4.85. The van der Waals surface area contributed by atoms with Gasteiger partial charge in [0, 0.05) is 12.8 Å². The molecule has 0 atom stereocenters. The molecule has 0 aliphatic carbocycles. The predicted molar refractivity (Wildman–Crippen MR) is 85.7 cm³/mol. The van der Waals surface area contributed by atoms with Gasteiger partial charge in [-0.2, -0.15) is 0 Å². The standard InChI is InChI=1S/C10H13N.C8H8/c1-2-8-11-9-10-6-4-3-5-7-10;1-2-8-6-4-3-5-7-8/h3-7,9H,2,8H2,1H3;2-7H,1H2. The number of nitrogens with zero attached hydrogens (tertiary/aromatic N) is 1. The van der Waals surface area contributed by atoms with Crippen molar-refractivity contribution in [2.24, 2.45) is 4.99 Å². The minimum atomic E-state index is 0.925. The Bertz CT molecular complexity index is 472. The third-order valence-corrected chi connectivity index (χ3v) is 2.43. The van der Waals surface area contributed by atoms with Gasteiger partial charge >= 0.3 is 0 Å². The highest BCUT2D eigenvalue weighted by atomic mass is 14.7. The maximum atomic E-state index is 4.24. The van der Waals surface area contributed by atoms with Crippen molar-refractivity contribution in [3.05, 3.63) is 78.4 Å². The van der Waals surface area contributed by atoms with Crippen LogP contribution in [0.5, 0.6) is 0 Å². The van der Waals surface area contributed by atoms with Crippen molar-refractivity contribution >= 4 is 12.3 Å². The van der Waals surface area contributed by atoms with Gasteiger partial charge in [0.25, 0.3) is 0 Å². The molecule has 2 rings (SSSR count). The second-order valence-corrected chi connectivity index (χ2v) is 4.06. The fourth-order valence-electron chi connectivity index (χ4n) is 1.43. The van der Waals surface area contributed by atoms with Crippen molar-refractivity contribution in [3.63, 3.8) is 0 Å². The second kappa shape index (κ2) is 9.84. The van der Waals surface area contributed by atoms with Gasteiger partial charge in [-0.05, 0) is 17.5 Å². The largest absolute Gasteiger partial charge is 0.293 e. The highest BCUT2D eigenvalue weighted by molar-refractivity contribution is 5.79. The Balaban J connectivity index is 0.000000200. The van der Waals surface area contributed by atoms with Crippen molar-refractivity contribution in [1.82, 2.24) is 0 Å².